The maximum Gasteiger partial charge on any atom is 0.328 e. The maximum atomic E-state index is 13.3. The van der Waals surface area contributed by atoms with Crippen molar-refractivity contribution < 1.29 is 19.1 Å². The zero-order chi connectivity index (χ0) is 25.9. The van der Waals surface area contributed by atoms with E-state index in [9.17, 15) is 14.4 Å². The Hall–Kier alpha value is -3.71. The Kier molecular flexibility index (Phi) is 10.0. The van der Waals surface area contributed by atoms with Crippen LogP contribution in [0.25, 0.3) is 6.08 Å². The molecule has 6 nitrogen and oxygen atoms in total. The van der Waals surface area contributed by atoms with Crippen LogP contribution in [0.2, 0.25) is 0 Å². The van der Waals surface area contributed by atoms with Gasteiger partial charge in [0.25, 0.3) is 11.8 Å². The van der Waals surface area contributed by atoms with Crippen LogP contribution < -0.4 is 10.6 Å². The smallest absolute Gasteiger partial charge is 0.328 e. The molecule has 3 aromatic rings. The minimum Gasteiger partial charge on any atom is -0.459 e. The van der Waals surface area contributed by atoms with Crippen molar-refractivity contribution in [3.8, 4) is 0 Å². The molecule has 0 radical (unpaired) electrons. The predicted molar refractivity (Wildman–Crippen MR) is 144 cm³/mol. The van der Waals surface area contributed by atoms with E-state index in [1.54, 1.807) is 30.3 Å². The molecule has 0 spiro atoms. The van der Waals surface area contributed by atoms with Crippen LogP contribution in [0.1, 0.15) is 41.8 Å². The number of hydrogen-bond donors (Lipinski definition) is 2. The van der Waals surface area contributed by atoms with Crippen molar-refractivity contribution in [3.05, 3.63) is 112 Å². The Balaban J connectivity index is 1.79. The van der Waals surface area contributed by atoms with E-state index in [0.29, 0.717) is 12.0 Å². The van der Waals surface area contributed by atoms with Crippen LogP contribution >= 0.6 is 15.9 Å². The molecule has 3 rings (SSSR count). The quantitative estimate of drug-likeness (QED) is 0.259. The van der Waals surface area contributed by atoms with Gasteiger partial charge in [0.15, 0.2) is 0 Å². The molecule has 0 aliphatic heterocycles. The molecule has 0 aliphatic rings. The molecule has 1 atom stereocenters. The van der Waals surface area contributed by atoms with E-state index >= 15 is 0 Å². The number of halogens is 1. The summed E-state index contributed by atoms with van der Waals surface area (Å²) in [6, 6.07) is 24.4. The highest BCUT2D eigenvalue weighted by molar-refractivity contribution is 9.10. The van der Waals surface area contributed by atoms with E-state index in [0.717, 1.165) is 15.6 Å². The Bertz CT molecular complexity index is 1190. The minimum atomic E-state index is -0.870. The zero-order valence-electron chi connectivity index (χ0n) is 20.2. The molecule has 0 saturated carbocycles. The molecule has 7 heteroatoms. The topological polar surface area (TPSA) is 84.5 Å². The largest absolute Gasteiger partial charge is 0.459 e. The second-order valence-electron chi connectivity index (χ2n) is 8.68. The van der Waals surface area contributed by atoms with E-state index < -0.39 is 23.8 Å². The monoisotopic (exact) mass is 548 g/mol. The van der Waals surface area contributed by atoms with Gasteiger partial charge < -0.3 is 15.4 Å². The average molecular weight is 549 g/mol. The lowest BCUT2D eigenvalue weighted by Crippen LogP contribution is -2.45. The molecular weight excluding hydrogens is 520 g/mol. The van der Waals surface area contributed by atoms with Gasteiger partial charge in [-0.2, -0.15) is 0 Å². The molecule has 3 aromatic carbocycles. The van der Waals surface area contributed by atoms with Crippen LogP contribution in [0, 0.1) is 5.92 Å². The van der Waals surface area contributed by atoms with Crippen LogP contribution in [0.4, 0.5) is 0 Å². The van der Waals surface area contributed by atoms with E-state index in [2.05, 4.69) is 26.6 Å². The number of carbonyl (C=O) groups is 3. The van der Waals surface area contributed by atoms with Crippen molar-refractivity contribution in [2.24, 2.45) is 5.92 Å². The summed E-state index contributed by atoms with van der Waals surface area (Å²) in [5.41, 5.74) is 2.00. The number of amides is 2. The summed E-state index contributed by atoms with van der Waals surface area (Å²) in [6.45, 7) is 4.02. The molecule has 0 aliphatic carbocycles. The summed E-state index contributed by atoms with van der Waals surface area (Å²) >= 11 is 3.35. The Morgan fingerprint density at radius 1 is 0.889 bits per heavy atom. The third kappa shape index (κ3) is 8.50. The van der Waals surface area contributed by atoms with Crippen molar-refractivity contribution in [3.63, 3.8) is 0 Å². The molecule has 0 bridgehead atoms. The van der Waals surface area contributed by atoms with E-state index in [1.807, 2.05) is 74.5 Å². The molecule has 186 valence electrons. The van der Waals surface area contributed by atoms with Crippen molar-refractivity contribution in [2.45, 2.75) is 32.9 Å². The first kappa shape index (κ1) is 26.9. The van der Waals surface area contributed by atoms with Crippen LogP contribution in [0.3, 0.4) is 0 Å². The predicted octanol–water partition coefficient (Wildman–Crippen LogP) is 5.49. The van der Waals surface area contributed by atoms with Crippen LogP contribution in [-0.2, 0) is 20.9 Å². The standard InChI is InChI=1S/C29H29BrN2O4/c1-20(2)17-26(29(35)36-19-22-11-7-4-8-12-22)32-28(34)25(18-21-9-5-3-6-10-21)31-27(33)23-13-15-24(30)16-14-23/h3-16,18,20,26H,17,19H2,1-2H3,(H,31,33)(H,32,34). The highest BCUT2D eigenvalue weighted by Gasteiger charge is 2.26. The average Bonchev–Trinajstić information content (AvgIpc) is 2.87. The van der Waals surface area contributed by atoms with E-state index in [1.165, 1.54) is 0 Å². The lowest BCUT2D eigenvalue weighted by atomic mass is 10.0. The normalized spacial score (nSPS) is 12.1. The fraction of sp³-hybridized carbons (Fsp3) is 0.207. The van der Waals surface area contributed by atoms with E-state index in [-0.39, 0.29) is 18.2 Å². The number of hydrogen-bond acceptors (Lipinski definition) is 4. The Morgan fingerprint density at radius 3 is 2.11 bits per heavy atom. The minimum absolute atomic E-state index is 0.0266. The van der Waals surface area contributed by atoms with Crippen molar-refractivity contribution in [1.82, 2.24) is 10.6 Å². The maximum absolute atomic E-state index is 13.3. The summed E-state index contributed by atoms with van der Waals surface area (Å²) in [5, 5.41) is 5.47. The number of rotatable bonds is 10. The summed E-state index contributed by atoms with van der Waals surface area (Å²) in [7, 11) is 0. The van der Waals surface area contributed by atoms with Crippen LogP contribution in [0.5, 0.6) is 0 Å². The van der Waals surface area contributed by atoms with Gasteiger partial charge in [0, 0.05) is 10.0 Å². The van der Waals surface area contributed by atoms with Gasteiger partial charge in [0.05, 0.1) is 0 Å². The number of nitrogens with one attached hydrogen (secondary N) is 2. The molecule has 0 aromatic heterocycles. The number of esters is 1. The summed E-state index contributed by atoms with van der Waals surface area (Å²) < 4.78 is 6.32. The van der Waals surface area contributed by atoms with Crippen molar-refractivity contribution in [1.29, 1.82) is 0 Å². The van der Waals surface area contributed by atoms with Gasteiger partial charge in [0.2, 0.25) is 0 Å². The zero-order valence-corrected chi connectivity index (χ0v) is 21.8. The lowest BCUT2D eigenvalue weighted by molar-refractivity contribution is -0.149. The third-order valence-electron chi connectivity index (χ3n) is 5.23. The molecular formula is C29H29BrN2O4. The van der Waals surface area contributed by atoms with E-state index in [4.69, 9.17) is 4.74 Å². The summed E-state index contributed by atoms with van der Waals surface area (Å²) in [4.78, 5) is 39.1. The molecule has 0 fully saturated rings. The number of carbonyl (C=O) groups excluding carboxylic acids is 3. The molecule has 36 heavy (non-hydrogen) atoms. The first-order valence-electron chi connectivity index (χ1n) is 11.7. The Morgan fingerprint density at radius 2 is 1.50 bits per heavy atom. The molecule has 2 amide bonds. The van der Waals surface area contributed by atoms with Gasteiger partial charge in [-0.25, -0.2) is 4.79 Å². The van der Waals surface area contributed by atoms with Gasteiger partial charge in [-0.3, -0.25) is 9.59 Å². The summed E-state index contributed by atoms with van der Waals surface area (Å²) in [5.74, 6) is -1.42. The highest BCUT2D eigenvalue weighted by Crippen LogP contribution is 2.13. The first-order valence-corrected chi connectivity index (χ1v) is 12.5. The van der Waals surface area contributed by atoms with Crippen molar-refractivity contribution >= 4 is 39.8 Å². The number of ether oxygens (including phenoxy) is 1. The second-order valence-corrected chi connectivity index (χ2v) is 9.59. The van der Waals surface area contributed by atoms with Gasteiger partial charge >= 0.3 is 5.97 Å². The SMILES string of the molecule is CC(C)CC(NC(=O)C(=Cc1ccccc1)NC(=O)c1ccc(Br)cc1)C(=O)OCc1ccccc1. The summed E-state index contributed by atoms with van der Waals surface area (Å²) in [6.07, 6.45) is 1.96. The fourth-order valence-corrected chi connectivity index (χ4v) is 3.69. The third-order valence-corrected chi connectivity index (χ3v) is 5.76. The molecule has 0 heterocycles. The van der Waals surface area contributed by atoms with Crippen LogP contribution in [-0.4, -0.2) is 23.8 Å². The molecule has 1 unspecified atom stereocenters. The lowest BCUT2D eigenvalue weighted by Gasteiger charge is -2.20. The Labute approximate surface area is 219 Å². The van der Waals surface area contributed by atoms with Crippen molar-refractivity contribution in [2.75, 3.05) is 0 Å². The second kappa shape index (κ2) is 13.4. The molecule has 0 saturated heterocycles. The van der Waals surface area contributed by atoms with Gasteiger partial charge in [-0.05, 0) is 53.8 Å². The van der Waals surface area contributed by atoms with Gasteiger partial charge in [-0.15, -0.1) is 0 Å². The van der Waals surface area contributed by atoms with Gasteiger partial charge in [0.1, 0.15) is 18.3 Å². The molecule has 2 N–H and O–H groups in total. The fourth-order valence-electron chi connectivity index (χ4n) is 3.42. The van der Waals surface area contributed by atoms with Crippen LogP contribution in [0.15, 0.2) is 95.1 Å². The number of benzene rings is 3. The highest BCUT2D eigenvalue weighted by atomic mass is 79.9. The van der Waals surface area contributed by atoms with Gasteiger partial charge in [-0.1, -0.05) is 90.4 Å². The first-order chi connectivity index (χ1) is 17.3.